The predicted molar refractivity (Wildman–Crippen MR) is 87.1 cm³/mol. The summed E-state index contributed by atoms with van der Waals surface area (Å²) in [6.07, 6.45) is 1.13. The minimum atomic E-state index is 0.118. The second kappa shape index (κ2) is 7.14. The van der Waals surface area contributed by atoms with Crippen molar-refractivity contribution >= 4 is 23.2 Å². The molecular formula is C17H19ClN2O. The van der Waals surface area contributed by atoms with Gasteiger partial charge in [0.25, 0.3) is 0 Å². The molecule has 2 aromatic carbocycles. The fourth-order valence-corrected chi connectivity index (χ4v) is 2.25. The molecule has 0 atom stereocenters. The van der Waals surface area contributed by atoms with Gasteiger partial charge in [-0.3, -0.25) is 4.79 Å². The van der Waals surface area contributed by atoms with Crippen LogP contribution in [0, 0.1) is 0 Å². The molecule has 0 aromatic heterocycles. The first-order valence-electron chi connectivity index (χ1n) is 6.88. The van der Waals surface area contributed by atoms with Crippen LogP contribution in [0.1, 0.15) is 17.5 Å². The third-order valence-electron chi connectivity index (χ3n) is 3.38. The Kier molecular flexibility index (Phi) is 5.23. The largest absolute Gasteiger partial charge is 0.398 e. The molecule has 3 nitrogen and oxygen atoms in total. The molecule has 110 valence electrons. The van der Waals surface area contributed by atoms with Gasteiger partial charge in [-0.05, 0) is 29.7 Å². The Hall–Kier alpha value is -2.00. The van der Waals surface area contributed by atoms with E-state index in [1.807, 2.05) is 49.5 Å². The van der Waals surface area contributed by atoms with E-state index in [1.165, 1.54) is 0 Å². The number of amides is 1. The minimum absolute atomic E-state index is 0.118. The maximum atomic E-state index is 12.1. The lowest BCUT2D eigenvalue weighted by Crippen LogP contribution is -2.26. The second-order valence-corrected chi connectivity index (χ2v) is 5.50. The number of nitrogen functional groups attached to an aromatic ring is 1. The molecule has 0 spiro atoms. The van der Waals surface area contributed by atoms with Crippen molar-refractivity contribution in [3.8, 4) is 0 Å². The fourth-order valence-electron chi connectivity index (χ4n) is 2.14. The van der Waals surface area contributed by atoms with Crippen LogP contribution >= 0.6 is 11.6 Å². The Labute approximate surface area is 130 Å². The molecular weight excluding hydrogens is 284 g/mol. The monoisotopic (exact) mass is 302 g/mol. The molecule has 0 unspecified atom stereocenters. The molecule has 2 N–H and O–H groups in total. The van der Waals surface area contributed by atoms with Crippen LogP contribution in [-0.2, 0) is 17.8 Å². The highest BCUT2D eigenvalue weighted by Gasteiger charge is 2.09. The number of anilines is 1. The number of benzene rings is 2. The zero-order chi connectivity index (χ0) is 15.2. The van der Waals surface area contributed by atoms with E-state index in [0.717, 1.165) is 11.1 Å². The van der Waals surface area contributed by atoms with Crippen molar-refractivity contribution in [1.29, 1.82) is 0 Å². The first-order chi connectivity index (χ1) is 10.1. The summed E-state index contributed by atoms with van der Waals surface area (Å²) < 4.78 is 0. The summed E-state index contributed by atoms with van der Waals surface area (Å²) in [7, 11) is 1.82. The highest BCUT2D eigenvalue weighted by molar-refractivity contribution is 6.33. The molecule has 0 heterocycles. The average Bonchev–Trinajstić information content (AvgIpc) is 2.49. The summed E-state index contributed by atoms with van der Waals surface area (Å²) in [5, 5.41) is 0.547. The van der Waals surface area contributed by atoms with Crippen LogP contribution in [0.4, 0.5) is 5.69 Å². The SMILES string of the molecule is CN(Cc1ccccc1)C(=O)CCc1ccc(Cl)c(N)c1. The van der Waals surface area contributed by atoms with Gasteiger partial charge in [0.05, 0.1) is 10.7 Å². The third-order valence-corrected chi connectivity index (χ3v) is 3.72. The van der Waals surface area contributed by atoms with Crippen molar-refractivity contribution in [2.75, 3.05) is 12.8 Å². The van der Waals surface area contributed by atoms with Gasteiger partial charge in [-0.1, -0.05) is 48.0 Å². The van der Waals surface area contributed by atoms with Crippen LogP contribution in [0.15, 0.2) is 48.5 Å². The quantitative estimate of drug-likeness (QED) is 0.859. The summed E-state index contributed by atoms with van der Waals surface area (Å²) in [6, 6.07) is 15.5. The van der Waals surface area contributed by atoms with Crippen LogP contribution in [0.3, 0.4) is 0 Å². The Morgan fingerprint density at radius 2 is 1.86 bits per heavy atom. The normalized spacial score (nSPS) is 10.4. The molecule has 4 heteroatoms. The fraction of sp³-hybridized carbons (Fsp3) is 0.235. The molecule has 0 aliphatic carbocycles. The Balaban J connectivity index is 1.87. The molecule has 21 heavy (non-hydrogen) atoms. The lowest BCUT2D eigenvalue weighted by Gasteiger charge is -2.17. The molecule has 1 amide bonds. The van der Waals surface area contributed by atoms with Crippen molar-refractivity contribution in [2.45, 2.75) is 19.4 Å². The van der Waals surface area contributed by atoms with Crippen LogP contribution < -0.4 is 5.73 Å². The number of carbonyl (C=O) groups is 1. The first kappa shape index (κ1) is 15.4. The van der Waals surface area contributed by atoms with Gasteiger partial charge < -0.3 is 10.6 Å². The zero-order valence-electron chi connectivity index (χ0n) is 12.1. The van der Waals surface area contributed by atoms with Crippen molar-refractivity contribution in [3.05, 3.63) is 64.7 Å². The molecule has 2 aromatic rings. The molecule has 0 bridgehead atoms. The van der Waals surface area contributed by atoms with Crippen LogP contribution in [-0.4, -0.2) is 17.9 Å². The van der Waals surface area contributed by atoms with Gasteiger partial charge in [-0.25, -0.2) is 0 Å². The number of rotatable bonds is 5. The number of nitrogens with zero attached hydrogens (tertiary/aromatic N) is 1. The van der Waals surface area contributed by atoms with Gasteiger partial charge in [-0.15, -0.1) is 0 Å². The zero-order valence-corrected chi connectivity index (χ0v) is 12.8. The van der Waals surface area contributed by atoms with Gasteiger partial charge in [0.1, 0.15) is 0 Å². The molecule has 0 aliphatic heterocycles. The number of carbonyl (C=O) groups excluding carboxylic acids is 1. The Morgan fingerprint density at radius 1 is 1.14 bits per heavy atom. The molecule has 2 rings (SSSR count). The number of hydrogen-bond donors (Lipinski definition) is 1. The number of halogens is 1. The van der Waals surface area contributed by atoms with E-state index in [4.69, 9.17) is 17.3 Å². The van der Waals surface area contributed by atoms with Gasteiger partial charge in [0, 0.05) is 20.0 Å². The highest BCUT2D eigenvalue weighted by atomic mass is 35.5. The van der Waals surface area contributed by atoms with Crippen molar-refractivity contribution in [1.82, 2.24) is 4.90 Å². The maximum absolute atomic E-state index is 12.1. The van der Waals surface area contributed by atoms with Gasteiger partial charge in [0.15, 0.2) is 0 Å². The van der Waals surface area contributed by atoms with Crippen LogP contribution in [0.2, 0.25) is 5.02 Å². The topological polar surface area (TPSA) is 46.3 Å². The lowest BCUT2D eigenvalue weighted by atomic mass is 10.1. The smallest absolute Gasteiger partial charge is 0.222 e. The minimum Gasteiger partial charge on any atom is -0.398 e. The average molecular weight is 303 g/mol. The van der Waals surface area contributed by atoms with E-state index in [0.29, 0.717) is 30.1 Å². The number of hydrogen-bond acceptors (Lipinski definition) is 2. The number of nitrogens with two attached hydrogens (primary N) is 1. The maximum Gasteiger partial charge on any atom is 0.222 e. The first-order valence-corrected chi connectivity index (χ1v) is 7.26. The van der Waals surface area contributed by atoms with Gasteiger partial charge in [-0.2, -0.15) is 0 Å². The van der Waals surface area contributed by atoms with Gasteiger partial charge >= 0.3 is 0 Å². The summed E-state index contributed by atoms with van der Waals surface area (Å²) in [5.41, 5.74) is 8.47. The summed E-state index contributed by atoms with van der Waals surface area (Å²) >= 11 is 5.88. The predicted octanol–water partition coefficient (Wildman–Crippen LogP) is 3.51. The molecule has 0 saturated carbocycles. The van der Waals surface area contributed by atoms with E-state index >= 15 is 0 Å². The Morgan fingerprint density at radius 3 is 2.52 bits per heavy atom. The van der Waals surface area contributed by atoms with Crippen molar-refractivity contribution in [2.24, 2.45) is 0 Å². The van der Waals surface area contributed by atoms with E-state index in [-0.39, 0.29) is 5.91 Å². The van der Waals surface area contributed by atoms with Crippen LogP contribution in [0.5, 0.6) is 0 Å². The van der Waals surface area contributed by atoms with Crippen LogP contribution in [0.25, 0.3) is 0 Å². The molecule has 0 aliphatic rings. The van der Waals surface area contributed by atoms with Crippen molar-refractivity contribution < 1.29 is 4.79 Å². The van der Waals surface area contributed by atoms with E-state index in [9.17, 15) is 4.79 Å². The Bertz CT molecular complexity index is 613. The van der Waals surface area contributed by atoms with Gasteiger partial charge in [0.2, 0.25) is 5.91 Å². The van der Waals surface area contributed by atoms with E-state index in [2.05, 4.69) is 0 Å². The summed E-state index contributed by atoms with van der Waals surface area (Å²) in [4.78, 5) is 13.9. The second-order valence-electron chi connectivity index (χ2n) is 5.09. The van der Waals surface area contributed by atoms with E-state index in [1.54, 1.807) is 11.0 Å². The molecule has 0 fully saturated rings. The third kappa shape index (κ3) is 4.50. The lowest BCUT2D eigenvalue weighted by molar-refractivity contribution is -0.130. The number of aryl methyl sites for hydroxylation is 1. The summed E-state index contributed by atoms with van der Waals surface area (Å²) in [6.45, 7) is 0.627. The van der Waals surface area contributed by atoms with E-state index < -0.39 is 0 Å². The summed E-state index contributed by atoms with van der Waals surface area (Å²) in [5.74, 6) is 0.118. The highest BCUT2D eigenvalue weighted by Crippen LogP contribution is 2.20. The molecule has 0 radical (unpaired) electrons. The standard InChI is InChI=1S/C17H19ClN2O/c1-20(12-14-5-3-2-4-6-14)17(21)10-8-13-7-9-15(18)16(19)11-13/h2-7,9,11H,8,10,12,19H2,1H3. The van der Waals surface area contributed by atoms with Crippen molar-refractivity contribution in [3.63, 3.8) is 0 Å². The molecule has 0 saturated heterocycles.